The maximum atomic E-state index is 12.1. The Bertz CT molecular complexity index is 495. The van der Waals surface area contributed by atoms with Gasteiger partial charge in [0.15, 0.2) is 0 Å². The molecule has 0 atom stereocenters. The van der Waals surface area contributed by atoms with Crippen LogP contribution in [0.15, 0.2) is 16.6 Å². The molecule has 0 saturated heterocycles. The van der Waals surface area contributed by atoms with Crippen LogP contribution < -0.4 is 0 Å². The van der Waals surface area contributed by atoms with Gasteiger partial charge in [-0.1, -0.05) is 0 Å². The highest BCUT2D eigenvalue weighted by Gasteiger charge is 2.15. The van der Waals surface area contributed by atoms with E-state index in [2.05, 4.69) is 9.46 Å². The highest BCUT2D eigenvalue weighted by atomic mass is 32.2. The molecule has 0 bridgehead atoms. The highest BCUT2D eigenvalue weighted by Crippen LogP contribution is 2.06. The lowest BCUT2D eigenvalue weighted by Crippen LogP contribution is -2.14. The molecule has 16 heavy (non-hydrogen) atoms. The zero-order valence-electron chi connectivity index (χ0n) is 8.76. The van der Waals surface area contributed by atoms with Gasteiger partial charge in [-0.2, -0.15) is 9.46 Å². The summed E-state index contributed by atoms with van der Waals surface area (Å²) in [5.41, 5.74) is -0.0864. The van der Waals surface area contributed by atoms with Crippen molar-refractivity contribution in [3.63, 3.8) is 0 Å². The van der Waals surface area contributed by atoms with E-state index in [4.69, 9.17) is 0 Å². The number of rotatable bonds is 3. The molecule has 0 aliphatic carbocycles. The third-order valence-corrected chi connectivity index (χ3v) is 2.15. The van der Waals surface area contributed by atoms with Crippen LogP contribution in [0.5, 0.6) is 0 Å². The molecule has 0 spiro atoms. The molecule has 1 aromatic heterocycles. The van der Waals surface area contributed by atoms with E-state index in [9.17, 15) is 17.8 Å². The van der Waals surface area contributed by atoms with Crippen LogP contribution in [0.2, 0.25) is 0 Å². The smallest absolute Gasteiger partial charge is 0.264 e. The lowest BCUT2D eigenvalue weighted by Gasteiger charge is -2.03. The summed E-state index contributed by atoms with van der Waals surface area (Å²) in [5, 5.41) is 3.57. The first-order valence-corrected chi connectivity index (χ1v) is 6.64. The van der Waals surface area contributed by atoms with E-state index in [1.54, 1.807) is 0 Å². The normalized spacial score (nSPS) is 11.8. The topological polar surface area (TPSA) is 64.3 Å². The average molecular weight is 251 g/mol. The van der Waals surface area contributed by atoms with Crippen LogP contribution in [-0.2, 0) is 16.3 Å². The molecule has 8 heteroatoms. The van der Waals surface area contributed by atoms with Gasteiger partial charge in [-0.15, -0.1) is 0 Å². The monoisotopic (exact) mass is 251 g/mol. The Labute approximate surface area is 91.6 Å². The van der Waals surface area contributed by atoms with E-state index in [-0.39, 0.29) is 5.69 Å². The van der Waals surface area contributed by atoms with E-state index in [1.165, 1.54) is 24.8 Å². The zero-order valence-corrected chi connectivity index (χ0v) is 9.58. The minimum atomic E-state index is -2.61. The maximum absolute atomic E-state index is 12.1. The van der Waals surface area contributed by atoms with Crippen molar-refractivity contribution in [2.75, 3.05) is 12.5 Å². The summed E-state index contributed by atoms with van der Waals surface area (Å²) in [7, 11) is -2.60. The predicted molar refractivity (Wildman–Crippen MR) is 55.0 cm³/mol. The Balaban J connectivity index is 3.02. The quantitative estimate of drug-likeness (QED) is 0.805. The van der Waals surface area contributed by atoms with Crippen LogP contribution in [0.3, 0.4) is 0 Å². The number of carbonyl (C=O) groups excluding carboxylic acids is 1. The minimum Gasteiger partial charge on any atom is -0.264 e. The molecule has 0 aliphatic heterocycles. The first-order chi connectivity index (χ1) is 7.29. The van der Waals surface area contributed by atoms with Crippen molar-refractivity contribution in [1.29, 1.82) is 0 Å². The van der Waals surface area contributed by atoms with E-state index in [0.29, 0.717) is 0 Å². The molecule has 1 amide bonds. The number of amides is 1. The summed E-state index contributed by atoms with van der Waals surface area (Å²) < 4.78 is 39.8. The lowest BCUT2D eigenvalue weighted by molar-refractivity contribution is 0.0973. The van der Waals surface area contributed by atoms with E-state index in [0.717, 1.165) is 4.68 Å². The van der Waals surface area contributed by atoms with Crippen LogP contribution >= 0.6 is 0 Å². The van der Waals surface area contributed by atoms with Crippen molar-refractivity contribution in [2.45, 2.75) is 13.0 Å². The minimum absolute atomic E-state index is 0.0864. The van der Waals surface area contributed by atoms with Gasteiger partial charge < -0.3 is 0 Å². The van der Waals surface area contributed by atoms with E-state index < -0.39 is 28.6 Å². The van der Waals surface area contributed by atoms with Gasteiger partial charge >= 0.3 is 5.91 Å². The molecular formula is C8H11F2N3O2S. The van der Waals surface area contributed by atoms with Crippen molar-refractivity contribution >= 4 is 15.6 Å². The Morgan fingerprint density at radius 1 is 1.62 bits per heavy atom. The molecule has 1 heterocycles. The van der Waals surface area contributed by atoms with Crippen LogP contribution in [0.1, 0.15) is 10.5 Å². The number of nitrogens with zero attached hydrogens (tertiary/aromatic N) is 3. The van der Waals surface area contributed by atoms with Gasteiger partial charge in [-0.25, -0.2) is 13.0 Å². The molecule has 1 aromatic rings. The molecule has 5 nitrogen and oxygen atoms in total. The van der Waals surface area contributed by atoms with Crippen molar-refractivity contribution < 1.29 is 17.8 Å². The van der Waals surface area contributed by atoms with Crippen molar-refractivity contribution in [3.8, 4) is 0 Å². The molecule has 0 fully saturated rings. The Hall–Kier alpha value is -1.31. The largest absolute Gasteiger partial charge is 0.303 e. The SMILES string of the molecule is CS(C)(=O)=NC(=O)c1ccnn1CC(F)F. The summed E-state index contributed by atoms with van der Waals surface area (Å²) in [4.78, 5) is 11.5. The van der Waals surface area contributed by atoms with Gasteiger partial charge in [-0.3, -0.25) is 9.48 Å². The fourth-order valence-electron chi connectivity index (χ4n) is 1.04. The third kappa shape index (κ3) is 3.69. The van der Waals surface area contributed by atoms with E-state index >= 15 is 0 Å². The van der Waals surface area contributed by atoms with Crippen LogP contribution in [0.4, 0.5) is 8.78 Å². The molecule has 0 radical (unpaired) electrons. The van der Waals surface area contributed by atoms with Crippen LogP contribution in [0, 0.1) is 0 Å². The summed E-state index contributed by atoms with van der Waals surface area (Å²) in [5.74, 6) is -0.798. The van der Waals surface area contributed by atoms with Crippen molar-refractivity contribution in [1.82, 2.24) is 9.78 Å². The number of alkyl halides is 2. The summed E-state index contributed by atoms with van der Waals surface area (Å²) >= 11 is 0. The average Bonchev–Trinajstić information content (AvgIpc) is 2.47. The van der Waals surface area contributed by atoms with Gasteiger partial charge in [0.25, 0.3) is 6.43 Å². The third-order valence-electron chi connectivity index (χ3n) is 1.55. The number of hydrogen-bond acceptors (Lipinski definition) is 3. The fraction of sp³-hybridized carbons (Fsp3) is 0.500. The summed E-state index contributed by atoms with van der Waals surface area (Å²) in [6, 6.07) is 1.26. The molecule has 0 saturated carbocycles. The lowest BCUT2D eigenvalue weighted by atomic mass is 10.4. The first-order valence-electron chi connectivity index (χ1n) is 4.31. The maximum Gasteiger partial charge on any atom is 0.303 e. The molecule has 1 rings (SSSR count). The number of hydrogen-bond donors (Lipinski definition) is 0. The predicted octanol–water partition coefficient (Wildman–Crippen LogP) is 1.02. The zero-order chi connectivity index (χ0) is 12.3. The second kappa shape index (κ2) is 4.69. The van der Waals surface area contributed by atoms with Gasteiger partial charge in [0.05, 0.1) is 0 Å². The van der Waals surface area contributed by atoms with E-state index in [1.807, 2.05) is 0 Å². The molecular weight excluding hydrogens is 240 g/mol. The molecule has 90 valence electrons. The second-order valence-corrected chi connectivity index (χ2v) is 5.91. The van der Waals surface area contributed by atoms with Crippen LogP contribution in [-0.4, -0.2) is 38.8 Å². The number of aromatic nitrogens is 2. The van der Waals surface area contributed by atoms with Gasteiger partial charge in [-0.05, 0) is 6.07 Å². The number of halogens is 2. The highest BCUT2D eigenvalue weighted by molar-refractivity contribution is 7.92. The van der Waals surface area contributed by atoms with Gasteiger partial charge in [0, 0.05) is 28.4 Å². The second-order valence-electron chi connectivity index (χ2n) is 3.37. The van der Waals surface area contributed by atoms with Crippen molar-refractivity contribution in [3.05, 3.63) is 18.0 Å². The summed E-state index contributed by atoms with van der Waals surface area (Å²) in [6.07, 6.45) is 1.19. The van der Waals surface area contributed by atoms with Gasteiger partial charge in [0.1, 0.15) is 12.2 Å². The van der Waals surface area contributed by atoms with Crippen LogP contribution in [0.25, 0.3) is 0 Å². The summed E-state index contributed by atoms with van der Waals surface area (Å²) in [6.45, 7) is -0.682. The van der Waals surface area contributed by atoms with Crippen molar-refractivity contribution in [2.24, 2.45) is 4.36 Å². The Kier molecular flexibility index (Phi) is 3.74. The Morgan fingerprint density at radius 2 is 2.25 bits per heavy atom. The molecule has 0 aromatic carbocycles. The number of carbonyl (C=O) groups is 1. The molecule has 0 aliphatic rings. The van der Waals surface area contributed by atoms with Gasteiger partial charge in [0.2, 0.25) is 0 Å². The Morgan fingerprint density at radius 3 is 2.75 bits per heavy atom. The standard InChI is InChI=1S/C8H11F2N3O2S/c1-16(2,15)12-8(14)6-3-4-11-13(6)5-7(9)10/h3-4,7H,5H2,1-2H3. The first kappa shape index (κ1) is 12.8. The fourth-order valence-corrected chi connectivity index (χ4v) is 1.53. The molecule has 0 unspecified atom stereocenters. The molecule has 0 N–H and O–H groups in total.